The van der Waals surface area contributed by atoms with Crippen LogP contribution in [0.5, 0.6) is 0 Å². The van der Waals surface area contributed by atoms with E-state index in [1.807, 2.05) is 19.9 Å². The Labute approximate surface area is 125 Å². The van der Waals surface area contributed by atoms with Crippen LogP contribution >= 0.6 is 0 Å². The molecule has 2 rings (SSSR count). The number of likely N-dealkylation sites (tertiary alicyclic amines) is 1. The lowest BCUT2D eigenvalue weighted by atomic mass is 9.97. The third kappa shape index (κ3) is 4.09. The quantitative estimate of drug-likeness (QED) is 0.875. The maximum Gasteiger partial charge on any atom is 0.225 e. The second kappa shape index (κ2) is 6.33. The number of carbonyl (C=O) groups excluding carboxylic acids is 2. The third-order valence-electron chi connectivity index (χ3n) is 3.85. The van der Waals surface area contributed by atoms with Gasteiger partial charge in [0, 0.05) is 18.5 Å². The van der Waals surface area contributed by atoms with Gasteiger partial charge in [0.25, 0.3) is 0 Å². The molecule has 0 saturated carbocycles. The molecule has 0 unspecified atom stereocenters. The Bertz CT molecular complexity index is 494. The fraction of sp³-hybridized carbons (Fsp3) is 0.625. The Morgan fingerprint density at radius 3 is 2.90 bits per heavy atom. The monoisotopic (exact) mass is 292 g/mol. The maximum absolute atomic E-state index is 12.3. The van der Waals surface area contributed by atoms with Gasteiger partial charge in [0.15, 0.2) is 0 Å². The molecule has 0 aromatic carbocycles. The fourth-order valence-corrected chi connectivity index (χ4v) is 2.81. The lowest BCUT2D eigenvalue weighted by Crippen LogP contribution is -2.46. The first kappa shape index (κ1) is 15.6. The number of rotatable bonds is 6. The SMILES string of the molecule is CCCC(C)(C)NC(=O)[C@@H]1CC(=O)N(Cc2ccco2)C1. The minimum absolute atomic E-state index is 0.0137. The number of amides is 2. The van der Waals surface area contributed by atoms with Crippen molar-refractivity contribution in [2.75, 3.05) is 6.54 Å². The molecule has 0 radical (unpaired) electrons. The molecule has 0 bridgehead atoms. The van der Waals surface area contributed by atoms with E-state index in [-0.39, 0.29) is 29.7 Å². The van der Waals surface area contributed by atoms with E-state index < -0.39 is 0 Å². The van der Waals surface area contributed by atoms with Crippen molar-refractivity contribution in [3.05, 3.63) is 24.2 Å². The van der Waals surface area contributed by atoms with Crippen LogP contribution in [0, 0.1) is 5.92 Å². The molecule has 1 aliphatic heterocycles. The average Bonchev–Trinajstić information content (AvgIpc) is 3.00. The molecule has 1 N–H and O–H groups in total. The van der Waals surface area contributed by atoms with Gasteiger partial charge in [0.05, 0.1) is 18.7 Å². The second-order valence-electron chi connectivity index (χ2n) is 6.38. The first-order valence-electron chi connectivity index (χ1n) is 7.53. The molecule has 2 amide bonds. The third-order valence-corrected chi connectivity index (χ3v) is 3.85. The van der Waals surface area contributed by atoms with Crippen LogP contribution in [0.15, 0.2) is 22.8 Å². The second-order valence-corrected chi connectivity index (χ2v) is 6.38. The number of nitrogens with zero attached hydrogens (tertiary/aromatic N) is 1. The van der Waals surface area contributed by atoms with Gasteiger partial charge in [-0.1, -0.05) is 13.3 Å². The summed E-state index contributed by atoms with van der Waals surface area (Å²) in [7, 11) is 0. The van der Waals surface area contributed by atoms with Gasteiger partial charge in [-0.15, -0.1) is 0 Å². The fourth-order valence-electron chi connectivity index (χ4n) is 2.81. The van der Waals surface area contributed by atoms with Gasteiger partial charge < -0.3 is 14.6 Å². The van der Waals surface area contributed by atoms with Crippen LogP contribution in [0.4, 0.5) is 0 Å². The molecular formula is C16H24N2O3. The van der Waals surface area contributed by atoms with E-state index in [0.717, 1.165) is 18.6 Å². The first-order chi connectivity index (χ1) is 9.91. The first-order valence-corrected chi connectivity index (χ1v) is 7.53. The predicted octanol–water partition coefficient (Wildman–Crippen LogP) is 2.32. The van der Waals surface area contributed by atoms with Crippen LogP contribution in [-0.4, -0.2) is 28.8 Å². The lowest BCUT2D eigenvalue weighted by molar-refractivity contribution is -0.129. The Morgan fingerprint density at radius 1 is 1.52 bits per heavy atom. The van der Waals surface area contributed by atoms with Gasteiger partial charge in [-0.2, -0.15) is 0 Å². The van der Waals surface area contributed by atoms with Gasteiger partial charge in [-0.25, -0.2) is 0 Å². The van der Waals surface area contributed by atoms with E-state index in [4.69, 9.17) is 4.42 Å². The van der Waals surface area contributed by atoms with Gasteiger partial charge in [-0.3, -0.25) is 9.59 Å². The highest BCUT2D eigenvalue weighted by atomic mass is 16.3. The highest BCUT2D eigenvalue weighted by molar-refractivity contribution is 5.89. The van der Waals surface area contributed by atoms with E-state index in [9.17, 15) is 9.59 Å². The zero-order valence-electron chi connectivity index (χ0n) is 13.0. The number of nitrogens with one attached hydrogen (secondary N) is 1. The summed E-state index contributed by atoms with van der Waals surface area (Å²) in [6.07, 6.45) is 3.82. The molecule has 0 aliphatic carbocycles. The Morgan fingerprint density at radius 2 is 2.29 bits per heavy atom. The standard InChI is InChI=1S/C16H24N2O3/c1-4-7-16(2,3)17-15(20)12-9-14(19)18(10-12)11-13-6-5-8-21-13/h5-6,8,12H,4,7,9-11H2,1-3H3,(H,17,20)/t12-/m1/s1. The molecule has 5 nitrogen and oxygen atoms in total. The lowest BCUT2D eigenvalue weighted by Gasteiger charge is -2.27. The van der Waals surface area contributed by atoms with E-state index in [1.165, 1.54) is 0 Å². The average molecular weight is 292 g/mol. The van der Waals surface area contributed by atoms with Crippen LogP contribution in [-0.2, 0) is 16.1 Å². The normalized spacial score (nSPS) is 19.1. The molecule has 21 heavy (non-hydrogen) atoms. The summed E-state index contributed by atoms with van der Waals surface area (Å²) in [5, 5.41) is 3.06. The summed E-state index contributed by atoms with van der Waals surface area (Å²) >= 11 is 0. The number of furan rings is 1. The van der Waals surface area contributed by atoms with Crippen molar-refractivity contribution in [1.82, 2.24) is 10.2 Å². The Hall–Kier alpha value is -1.78. The van der Waals surface area contributed by atoms with Gasteiger partial charge in [-0.05, 0) is 32.4 Å². The minimum Gasteiger partial charge on any atom is -0.467 e. The van der Waals surface area contributed by atoms with E-state index in [0.29, 0.717) is 13.1 Å². The summed E-state index contributed by atoms with van der Waals surface area (Å²) in [5.41, 5.74) is -0.219. The van der Waals surface area contributed by atoms with Crippen molar-refractivity contribution < 1.29 is 14.0 Å². The zero-order chi connectivity index (χ0) is 15.5. The highest BCUT2D eigenvalue weighted by Crippen LogP contribution is 2.22. The summed E-state index contributed by atoms with van der Waals surface area (Å²) in [5.74, 6) is 0.475. The van der Waals surface area contributed by atoms with Crippen molar-refractivity contribution in [3.63, 3.8) is 0 Å². The van der Waals surface area contributed by atoms with Crippen molar-refractivity contribution in [2.45, 2.75) is 52.1 Å². The van der Waals surface area contributed by atoms with Gasteiger partial charge in [0.1, 0.15) is 5.76 Å². The molecule has 2 heterocycles. The number of hydrogen-bond donors (Lipinski definition) is 1. The van der Waals surface area contributed by atoms with Crippen LogP contribution < -0.4 is 5.32 Å². The van der Waals surface area contributed by atoms with E-state index >= 15 is 0 Å². The molecule has 1 aliphatic rings. The smallest absolute Gasteiger partial charge is 0.225 e. The van der Waals surface area contributed by atoms with Crippen LogP contribution in [0.3, 0.4) is 0 Å². The molecule has 0 spiro atoms. The van der Waals surface area contributed by atoms with Crippen molar-refractivity contribution in [1.29, 1.82) is 0 Å². The van der Waals surface area contributed by atoms with E-state index in [2.05, 4.69) is 12.2 Å². The minimum atomic E-state index is -0.261. The highest BCUT2D eigenvalue weighted by Gasteiger charge is 2.36. The Kier molecular flexibility index (Phi) is 4.70. The number of hydrogen-bond acceptors (Lipinski definition) is 3. The summed E-state index contributed by atoms with van der Waals surface area (Å²) < 4.78 is 5.26. The van der Waals surface area contributed by atoms with Crippen molar-refractivity contribution >= 4 is 11.8 Å². The van der Waals surface area contributed by atoms with Gasteiger partial charge in [0.2, 0.25) is 11.8 Å². The molecular weight excluding hydrogens is 268 g/mol. The largest absolute Gasteiger partial charge is 0.467 e. The molecule has 1 aromatic rings. The summed E-state index contributed by atoms with van der Waals surface area (Å²) in [4.78, 5) is 26.0. The molecule has 1 saturated heterocycles. The number of carbonyl (C=O) groups is 2. The molecule has 1 fully saturated rings. The Balaban J connectivity index is 1.91. The molecule has 116 valence electrons. The molecule has 5 heteroatoms. The van der Waals surface area contributed by atoms with Crippen LogP contribution in [0.1, 0.15) is 45.8 Å². The summed E-state index contributed by atoms with van der Waals surface area (Å²) in [6.45, 7) is 7.04. The predicted molar refractivity (Wildman–Crippen MR) is 79.4 cm³/mol. The van der Waals surface area contributed by atoms with Crippen molar-refractivity contribution in [2.24, 2.45) is 5.92 Å². The van der Waals surface area contributed by atoms with Crippen LogP contribution in [0.2, 0.25) is 0 Å². The van der Waals surface area contributed by atoms with Crippen molar-refractivity contribution in [3.8, 4) is 0 Å². The molecule has 1 aromatic heterocycles. The maximum atomic E-state index is 12.3. The van der Waals surface area contributed by atoms with Crippen LogP contribution in [0.25, 0.3) is 0 Å². The topological polar surface area (TPSA) is 62.6 Å². The summed E-state index contributed by atoms with van der Waals surface area (Å²) in [6, 6.07) is 3.64. The zero-order valence-corrected chi connectivity index (χ0v) is 13.0. The van der Waals surface area contributed by atoms with E-state index in [1.54, 1.807) is 17.2 Å². The molecule has 1 atom stereocenters. The van der Waals surface area contributed by atoms with Gasteiger partial charge >= 0.3 is 0 Å².